The summed E-state index contributed by atoms with van der Waals surface area (Å²) in [7, 11) is -2.66. The Kier molecular flexibility index (Phi) is 5.90. The summed E-state index contributed by atoms with van der Waals surface area (Å²) in [6.45, 7) is -0.193. The molecule has 0 aliphatic carbocycles. The number of hydrogen-bond acceptors (Lipinski definition) is 5. The Morgan fingerprint density at radius 3 is 2.58 bits per heavy atom. The van der Waals surface area contributed by atoms with E-state index in [1.165, 1.54) is 36.6 Å². The molecule has 9 heteroatoms. The van der Waals surface area contributed by atoms with Crippen molar-refractivity contribution in [3.63, 3.8) is 0 Å². The summed E-state index contributed by atoms with van der Waals surface area (Å²) < 4.78 is 47.3. The summed E-state index contributed by atoms with van der Waals surface area (Å²) in [5, 5.41) is 2.53. The maximum atomic E-state index is 14.3. The molecule has 2 aromatic heterocycles. The number of thiophene rings is 1. The average Bonchev–Trinajstić information content (AvgIpc) is 3.27. The molecule has 0 amide bonds. The molecule has 0 saturated carbocycles. The van der Waals surface area contributed by atoms with E-state index < -0.39 is 26.3 Å². The van der Waals surface area contributed by atoms with Gasteiger partial charge in [0.05, 0.1) is 7.11 Å². The summed E-state index contributed by atoms with van der Waals surface area (Å²) in [5.41, 5.74) is 0.450. The van der Waals surface area contributed by atoms with Crippen LogP contribution in [0, 0.1) is 5.82 Å². The number of aromatic nitrogens is 1. The third kappa shape index (κ3) is 4.39. The first-order valence-corrected chi connectivity index (χ1v) is 11.7. The van der Waals surface area contributed by atoms with Gasteiger partial charge < -0.3 is 9.72 Å². The third-order valence-electron chi connectivity index (χ3n) is 4.84. The van der Waals surface area contributed by atoms with Gasteiger partial charge in [-0.15, -0.1) is 11.3 Å². The molecule has 0 saturated heterocycles. The highest BCUT2D eigenvalue weighted by Crippen LogP contribution is 2.25. The largest absolute Gasteiger partial charge is 0.497 e. The van der Waals surface area contributed by atoms with Crippen LogP contribution in [0.2, 0.25) is 0 Å². The minimum absolute atomic E-state index is 0.0178. The van der Waals surface area contributed by atoms with Gasteiger partial charge >= 0.3 is 0 Å². The Hall–Kier alpha value is -3.01. The summed E-state index contributed by atoms with van der Waals surface area (Å²) >= 11 is 1.39. The van der Waals surface area contributed by atoms with Crippen LogP contribution in [-0.2, 0) is 23.1 Å². The van der Waals surface area contributed by atoms with Gasteiger partial charge in [0.1, 0.15) is 16.5 Å². The van der Waals surface area contributed by atoms with Gasteiger partial charge in [-0.2, -0.15) is 4.31 Å². The van der Waals surface area contributed by atoms with Crippen molar-refractivity contribution in [2.45, 2.75) is 18.0 Å². The van der Waals surface area contributed by atoms with Gasteiger partial charge in [-0.1, -0.05) is 18.2 Å². The molecule has 0 unspecified atom stereocenters. The Bertz CT molecular complexity index is 1380. The van der Waals surface area contributed by atoms with E-state index >= 15 is 0 Å². The second kappa shape index (κ2) is 8.62. The van der Waals surface area contributed by atoms with Gasteiger partial charge in [-0.25, -0.2) is 12.8 Å². The number of nitrogens with one attached hydrogen (secondary N) is 1. The zero-order chi connectivity index (χ0) is 22.0. The molecule has 2 aromatic carbocycles. The Morgan fingerprint density at radius 1 is 1.06 bits per heavy atom. The number of rotatable bonds is 7. The van der Waals surface area contributed by atoms with Crippen molar-refractivity contribution in [3.8, 4) is 5.75 Å². The van der Waals surface area contributed by atoms with Crippen LogP contribution in [0.5, 0.6) is 5.75 Å². The lowest BCUT2D eigenvalue weighted by Gasteiger charge is -2.22. The fourth-order valence-electron chi connectivity index (χ4n) is 3.26. The molecule has 4 aromatic rings. The van der Waals surface area contributed by atoms with E-state index in [0.29, 0.717) is 16.7 Å². The van der Waals surface area contributed by atoms with Crippen LogP contribution in [0.4, 0.5) is 4.39 Å². The predicted octanol–water partition coefficient (Wildman–Crippen LogP) is 4.13. The molecule has 4 rings (SSSR count). The van der Waals surface area contributed by atoms with Crippen LogP contribution in [0.3, 0.4) is 0 Å². The second-order valence-corrected chi connectivity index (χ2v) is 9.80. The topological polar surface area (TPSA) is 79.5 Å². The number of pyridine rings is 1. The molecule has 6 nitrogen and oxygen atoms in total. The number of halogens is 1. The van der Waals surface area contributed by atoms with E-state index in [1.54, 1.807) is 30.3 Å². The highest BCUT2D eigenvalue weighted by molar-refractivity contribution is 7.89. The number of aromatic amines is 1. The molecule has 0 aliphatic rings. The highest BCUT2D eigenvalue weighted by Gasteiger charge is 2.28. The van der Waals surface area contributed by atoms with Crippen LogP contribution in [0.15, 0.2) is 75.7 Å². The number of hydrogen-bond donors (Lipinski definition) is 1. The molecule has 0 bridgehead atoms. The summed E-state index contributed by atoms with van der Waals surface area (Å²) in [6, 6.07) is 15.7. The number of fused-ring (bicyclic) bond motifs is 1. The molecule has 2 heterocycles. The van der Waals surface area contributed by atoms with Crippen LogP contribution >= 0.6 is 11.3 Å². The van der Waals surface area contributed by atoms with E-state index in [0.717, 1.165) is 15.2 Å². The van der Waals surface area contributed by atoms with Gasteiger partial charge in [0, 0.05) is 34.4 Å². The predicted molar refractivity (Wildman–Crippen MR) is 118 cm³/mol. The van der Waals surface area contributed by atoms with Crippen molar-refractivity contribution in [2.24, 2.45) is 0 Å². The third-order valence-corrected chi connectivity index (χ3v) is 7.53. The number of ether oxygens (including phenoxy) is 1. The molecule has 160 valence electrons. The van der Waals surface area contributed by atoms with Crippen molar-refractivity contribution in [2.75, 3.05) is 7.11 Å². The van der Waals surface area contributed by atoms with Gasteiger partial charge in [-0.3, -0.25) is 4.79 Å². The van der Waals surface area contributed by atoms with Crippen molar-refractivity contribution in [3.05, 3.63) is 92.7 Å². The average molecular weight is 459 g/mol. The lowest BCUT2D eigenvalue weighted by Crippen LogP contribution is -2.32. The lowest BCUT2D eigenvalue weighted by atomic mass is 10.1. The smallest absolute Gasteiger partial charge is 0.252 e. The van der Waals surface area contributed by atoms with E-state index in [-0.39, 0.29) is 18.7 Å². The number of benzene rings is 2. The van der Waals surface area contributed by atoms with Crippen molar-refractivity contribution < 1.29 is 17.5 Å². The molecule has 0 radical (unpaired) electrons. The SMILES string of the molecule is COc1ccc2[nH]c(=O)c(CN(Cc3cccs3)S(=O)(=O)c3ccccc3F)cc2c1. The van der Waals surface area contributed by atoms with E-state index in [2.05, 4.69) is 4.98 Å². The highest BCUT2D eigenvalue weighted by atomic mass is 32.2. The van der Waals surface area contributed by atoms with Crippen LogP contribution in [0.1, 0.15) is 10.4 Å². The minimum atomic E-state index is -4.20. The summed E-state index contributed by atoms with van der Waals surface area (Å²) in [6.07, 6.45) is 0. The normalized spacial score (nSPS) is 11.8. The lowest BCUT2D eigenvalue weighted by molar-refractivity contribution is 0.399. The zero-order valence-electron chi connectivity index (χ0n) is 16.5. The van der Waals surface area contributed by atoms with E-state index in [1.807, 2.05) is 11.4 Å². The number of H-pyrrole nitrogens is 1. The number of sulfonamides is 1. The van der Waals surface area contributed by atoms with E-state index in [9.17, 15) is 17.6 Å². The fraction of sp³-hybridized carbons (Fsp3) is 0.136. The summed E-state index contributed by atoms with van der Waals surface area (Å²) in [4.78, 5) is 15.8. The van der Waals surface area contributed by atoms with Crippen LogP contribution < -0.4 is 10.3 Å². The molecule has 0 spiro atoms. The maximum Gasteiger partial charge on any atom is 0.252 e. The van der Waals surface area contributed by atoms with Crippen LogP contribution in [-0.4, -0.2) is 24.8 Å². The molecule has 0 aliphatic heterocycles. The molecule has 0 fully saturated rings. The van der Waals surface area contributed by atoms with Gasteiger partial charge in [-0.05, 0) is 47.8 Å². The minimum Gasteiger partial charge on any atom is -0.497 e. The van der Waals surface area contributed by atoms with Crippen molar-refractivity contribution in [1.29, 1.82) is 0 Å². The maximum absolute atomic E-state index is 14.3. The molecule has 31 heavy (non-hydrogen) atoms. The van der Waals surface area contributed by atoms with Gasteiger partial charge in [0.2, 0.25) is 10.0 Å². The first-order valence-electron chi connectivity index (χ1n) is 9.35. The van der Waals surface area contributed by atoms with Crippen molar-refractivity contribution in [1.82, 2.24) is 9.29 Å². The summed E-state index contributed by atoms with van der Waals surface area (Å²) in [5.74, 6) is -0.226. The zero-order valence-corrected chi connectivity index (χ0v) is 18.2. The molecule has 1 N–H and O–H groups in total. The van der Waals surface area contributed by atoms with Crippen LogP contribution in [0.25, 0.3) is 10.9 Å². The molecular formula is C22H19FN2O4S2. The standard InChI is InChI=1S/C22H19FN2O4S2/c1-29-17-8-9-20-15(12-17)11-16(22(26)24-20)13-25(14-18-5-4-10-30-18)31(27,28)21-7-3-2-6-19(21)23/h2-12H,13-14H2,1H3,(H,24,26). The number of methoxy groups -OCH3 is 1. The Morgan fingerprint density at radius 2 is 1.87 bits per heavy atom. The van der Waals surface area contributed by atoms with E-state index in [4.69, 9.17) is 4.74 Å². The van der Waals surface area contributed by atoms with Gasteiger partial charge in [0.25, 0.3) is 5.56 Å². The molecular weight excluding hydrogens is 439 g/mol. The first kappa shape index (κ1) is 21.2. The van der Waals surface area contributed by atoms with Gasteiger partial charge in [0.15, 0.2) is 0 Å². The Labute approximate surface area is 182 Å². The quantitative estimate of drug-likeness (QED) is 0.452. The monoisotopic (exact) mass is 458 g/mol. The first-order chi connectivity index (χ1) is 14.9. The van der Waals surface area contributed by atoms with Crippen molar-refractivity contribution >= 4 is 32.3 Å². The molecule has 0 atom stereocenters. The Balaban J connectivity index is 1.79. The number of nitrogens with zero attached hydrogens (tertiary/aromatic N) is 1. The fourth-order valence-corrected chi connectivity index (χ4v) is 5.52. The second-order valence-electron chi connectivity index (χ2n) is 6.86.